The zero-order chi connectivity index (χ0) is 22.7. The number of piperidine rings is 1. The van der Waals surface area contributed by atoms with Crippen molar-refractivity contribution in [1.29, 1.82) is 0 Å². The second-order valence-corrected chi connectivity index (χ2v) is 8.91. The largest absolute Gasteiger partial charge is 0.493 e. The number of pyridine rings is 1. The molecule has 10 heteroatoms. The molecule has 1 fully saturated rings. The summed E-state index contributed by atoms with van der Waals surface area (Å²) >= 11 is 0. The molecule has 2 bridgehead atoms. The molecule has 1 aromatic carbocycles. The van der Waals surface area contributed by atoms with Gasteiger partial charge in [0.2, 0.25) is 0 Å². The maximum Gasteiger partial charge on any atom is 0.334 e. The molecule has 1 N–H and O–H groups in total. The molecule has 168 valence electrons. The van der Waals surface area contributed by atoms with Gasteiger partial charge in [-0.1, -0.05) is 0 Å². The van der Waals surface area contributed by atoms with Crippen LogP contribution in [-0.4, -0.2) is 50.2 Å². The van der Waals surface area contributed by atoms with Crippen LogP contribution in [0.15, 0.2) is 41.2 Å². The van der Waals surface area contributed by atoms with Crippen LogP contribution in [0.25, 0.3) is 11.3 Å². The van der Waals surface area contributed by atoms with Gasteiger partial charge >= 0.3 is 11.2 Å². The fourth-order valence-electron chi connectivity index (χ4n) is 5.33. The average molecular weight is 447 g/mol. The highest BCUT2D eigenvalue weighted by Gasteiger charge is 2.38. The quantitative estimate of drug-likeness (QED) is 0.486. The summed E-state index contributed by atoms with van der Waals surface area (Å²) in [6.07, 6.45) is 1.72. The van der Waals surface area contributed by atoms with Gasteiger partial charge in [0.05, 0.1) is 17.2 Å². The third kappa shape index (κ3) is 3.21. The van der Waals surface area contributed by atoms with Crippen LogP contribution in [0, 0.1) is 16.0 Å². The van der Waals surface area contributed by atoms with Crippen molar-refractivity contribution in [3.05, 3.63) is 73.8 Å². The van der Waals surface area contributed by atoms with Crippen molar-refractivity contribution >= 4 is 11.6 Å². The molecule has 2 unspecified atom stereocenters. The van der Waals surface area contributed by atoms with E-state index >= 15 is 0 Å². The van der Waals surface area contributed by atoms with Gasteiger partial charge in [0.15, 0.2) is 0 Å². The van der Waals surface area contributed by atoms with Gasteiger partial charge in [0, 0.05) is 49.3 Å². The molecule has 5 heterocycles. The first-order valence-corrected chi connectivity index (χ1v) is 11.0. The minimum absolute atomic E-state index is 0.0333. The summed E-state index contributed by atoms with van der Waals surface area (Å²) in [6, 6.07) is 10.6. The lowest BCUT2D eigenvalue weighted by molar-refractivity contribution is -0.386. The van der Waals surface area contributed by atoms with Crippen LogP contribution in [0.1, 0.15) is 34.1 Å². The number of rotatable bonds is 3. The summed E-state index contributed by atoms with van der Waals surface area (Å²) in [6.45, 7) is 2.01. The highest BCUT2D eigenvalue weighted by atomic mass is 16.6. The number of fused-ring (bicyclic) bond motifs is 5. The molecule has 2 atom stereocenters. The topological polar surface area (TPSA) is 123 Å². The number of benzene rings is 1. The number of aromatic nitrogens is 3. The molecule has 0 spiro atoms. The highest BCUT2D eigenvalue weighted by Crippen LogP contribution is 2.36. The fourth-order valence-corrected chi connectivity index (χ4v) is 5.33. The molecule has 33 heavy (non-hydrogen) atoms. The van der Waals surface area contributed by atoms with Crippen molar-refractivity contribution in [2.75, 3.05) is 19.7 Å². The van der Waals surface area contributed by atoms with Crippen molar-refractivity contribution in [3.63, 3.8) is 0 Å². The van der Waals surface area contributed by atoms with Gasteiger partial charge < -0.3 is 14.2 Å². The average Bonchev–Trinajstić information content (AvgIpc) is 3.48. The smallest absolute Gasteiger partial charge is 0.334 e. The van der Waals surface area contributed by atoms with E-state index in [-0.39, 0.29) is 17.7 Å². The summed E-state index contributed by atoms with van der Waals surface area (Å²) < 4.78 is 7.07. The molecule has 1 saturated heterocycles. The number of carbonyl (C=O) groups excluding carboxylic acids is 1. The number of carbonyl (C=O) groups is 1. The predicted octanol–water partition coefficient (Wildman–Crippen LogP) is 2.34. The molecule has 2 aromatic heterocycles. The number of aromatic amines is 1. The summed E-state index contributed by atoms with van der Waals surface area (Å²) in [7, 11) is 0. The minimum atomic E-state index is -0.639. The minimum Gasteiger partial charge on any atom is -0.493 e. The number of likely N-dealkylation sites (tertiary alicyclic amines) is 1. The molecule has 3 aliphatic rings. The number of H-pyrrole nitrogens is 1. The van der Waals surface area contributed by atoms with Crippen molar-refractivity contribution < 1.29 is 14.5 Å². The van der Waals surface area contributed by atoms with Crippen LogP contribution >= 0.6 is 0 Å². The Labute approximate surface area is 187 Å². The van der Waals surface area contributed by atoms with E-state index in [4.69, 9.17) is 4.74 Å². The third-order valence-corrected chi connectivity index (χ3v) is 6.86. The van der Waals surface area contributed by atoms with E-state index in [1.54, 1.807) is 17.0 Å². The summed E-state index contributed by atoms with van der Waals surface area (Å²) in [5, 5.41) is 18.4. The maximum absolute atomic E-state index is 13.3. The predicted molar refractivity (Wildman–Crippen MR) is 117 cm³/mol. The van der Waals surface area contributed by atoms with Crippen molar-refractivity contribution in [1.82, 2.24) is 19.7 Å². The molecular formula is C23H21N5O5. The number of nitro groups is 1. The van der Waals surface area contributed by atoms with Gasteiger partial charge in [-0.2, -0.15) is 5.10 Å². The van der Waals surface area contributed by atoms with Crippen LogP contribution < -0.4 is 10.3 Å². The van der Waals surface area contributed by atoms with Gasteiger partial charge in [0.25, 0.3) is 5.91 Å². The number of ether oxygens (including phenoxy) is 1. The number of hydrogen-bond acceptors (Lipinski definition) is 6. The van der Waals surface area contributed by atoms with Crippen molar-refractivity contribution in [2.24, 2.45) is 5.92 Å². The molecule has 6 rings (SSSR count). The first-order valence-electron chi connectivity index (χ1n) is 11.0. The molecular weight excluding hydrogens is 426 g/mol. The summed E-state index contributed by atoms with van der Waals surface area (Å²) in [5.41, 5.74) is 2.98. The monoisotopic (exact) mass is 447 g/mol. The lowest BCUT2D eigenvalue weighted by Gasteiger charge is -2.42. The molecule has 3 aliphatic heterocycles. The van der Waals surface area contributed by atoms with E-state index in [0.717, 1.165) is 35.4 Å². The normalized spacial score (nSPS) is 20.7. The van der Waals surface area contributed by atoms with Crippen LogP contribution in [0.4, 0.5) is 5.69 Å². The van der Waals surface area contributed by atoms with Gasteiger partial charge in [-0.3, -0.25) is 24.8 Å². The van der Waals surface area contributed by atoms with Gasteiger partial charge in [-0.25, -0.2) is 0 Å². The van der Waals surface area contributed by atoms with Gasteiger partial charge in [-0.15, -0.1) is 0 Å². The Hall–Kier alpha value is -3.95. The van der Waals surface area contributed by atoms with Crippen LogP contribution in [0.5, 0.6) is 5.75 Å². The fraction of sp³-hybridized carbons (Fsp3) is 0.348. The number of nitrogens with zero attached hydrogens (tertiary/aromatic N) is 4. The Morgan fingerprint density at radius 2 is 2.06 bits per heavy atom. The second-order valence-electron chi connectivity index (χ2n) is 8.91. The van der Waals surface area contributed by atoms with E-state index in [1.165, 1.54) is 10.6 Å². The van der Waals surface area contributed by atoms with E-state index in [9.17, 15) is 19.7 Å². The Bertz CT molecular complexity index is 1360. The summed E-state index contributed by atoms with van der Waals surface area (Å²) in [4.78, 5) is 38.1. The Kier molecular flexibility index (Phi) is 4.36. The zero-order valence-corrected chi connectivity index (χ0v) is 17.7. The van der Waals surface area contributed by atoms with Crippen LogP contribution in [-0.2, 0) is 13.0 Å². The molecule has 10 nitrogen and oxygen atoms in total. The molecule has 0 saturated carbocycles. The third-order valence-electron chi connectivity index (χ3n) is 6.86. The van der Waals surface area contributed by atoms with Gasteiger partial charge in [0.1, 0.15) is 11.4 Å². The van der Waals surface area contributed by atoms with Crippen LogP contribution in [0.3, 0.4) is 0 Å². The highest BCUT2D eigenvalue weighted by molar-refractivity contribution is 5.93. The Morgan fingerprint density at radius 1 is 1.18 bits per heavy atom. The van der Waals surface area contributed by atoms with E-state index < -0.39 is 16.2 Å². The Morgan fingerprint density at radius 3 is 2.91 bits per heavy atom. The first kappa shape index (κ1) is 19.7. The van der Waals surface area contributed by atoms with Crippen molar-refractivity contribution in [3.8, 4) is 17.0 Å². The molecule has 0 radical (unpaired) electrons. The number of amides is 1. The molecule has 3 aromatic rings. The van der Waals surface area contributed by atoms with Crippen LogP contribution in [0.2, 0.25) is 0 Å². The van der Waals surface area contributed by atoms with E-state index in [0.29, 0.717) is 37.6 Å². The number of nitrogens with one attached hydrogen (secondary N) is 1. The standard InChI is InChI=1S/C23H21N5O5/c29-22(18-9-17(24-25-18)14-1-4-21-15(8-14)5-6-33-21)26-10-13-7-16(12-26)19-2-3-20(28(31)32)23(30)27(19)11-13/h1-4,8-9,13,16H,5-7,10-12H2,(H,24,25). The lowest BCUT2D eigenvalue weighted by atomic mass is 9.83. The SMILES string of the molecule is O=C(c1cc(-c2ccc3c(c2)CCO3)n[nH]1)N1CC2CC(C1)c1ccc([N+](=O)[O-])c(=O)n1C2. The number of hydrogen-bond donors (Lipinski definition) is 1. The zero-order valence-electron chi connectivity index (χ0n) is 17.7. The van der Waals surface area contributed by atoms with Crippen molar-refractivity contribution in [2.45, 2.75) is 25.3 Å². The first-order chi connectivity index (χ1) is 16.0. The van der Waals surface area contributed by atoms with Gasteiger partial charge in [-0.05, 0) is 48.2 Å². The molecule has 0 aliphatic carbocycles. The second kappa shape index (κ2) is 7.29. The molecule has 1 amide bonds. The van der Waals surface area contributed by atoms with E-state index in [1.807, 2.05) is 18.2 Å². The lowest BCUT2D eigenvalue weighted by Crippen LogP contribution is -2.49. The Balaban J connectivity index is 1.24. The summed E-state index contributed by atoms with van der Waals surface area (Å²) in [5.74, 6) is 0.800. The van der Waals surface area contributed by atoms with E-state index in [2.05, 4.69) is 10.2 Å². The maximum atomic E-state index is 13.3.